The van der Waals surface area contributed by atoms with Crippen molar-refractivity contribution >= 4 is 34.4 Å². The molecule has 2 aliphatic rings. The summed E-state index contributed by atoms with van der Waals surface area (Å²) in [4.78, 5) is 4.69. The van der Waals surface area contributed by atoms with Crippen LogP contribution in [0.3, 0.4) is 0 Å². The van der Waals surface area contributed by atoms with Crippen molar-refractivity contribution in [3.63, 3.8) is 0 Å². The predicted molar refractivity (Wildman–Crippen MR) is 95.9 cm³/mol. The number of ether oxygens (including phenoxy) is 1. The number of nitrogens with two attached hydrogens (primary N) is 1. The van der Waals surface area contributed by atoms with Crippen LogP contribution in [-0.2, 0) is 12.1 Å². The van der Waals surface area contributed by atoms with E-state index in [0.29, 0.717) is 0 Å². The lowest BCUT2D eigenvalue weighted by Crippen LogP contribution is -2.52. The van der Waals surface area contributed by atoms with Crippen LogP contribution in [0.4, 0.5) is 0 Å². The summed E-state index contributed by atoms with van der Waals surface area (Å²) in [6, 6.07) is 5.81. The molecule has 0 saturated carbocycles. The van der Waals surface area contributed by atoms with Gasteiger partial charge in [0.15, 0.2) is 10.8 Å². The van der Waals surface area contributed by atoms with Crippen molar-refractivity contribution in [2.75, 3.05) is 7.11 Å². The molecule has 3 N–H and O–H groups in total. The number of aliphatic hydroxyl groups is 1. The van der Waals surface area contributed by atoms with Gasteiger partial charge in [-0.3, -0.25) is 4.98 Å². The van der Waals surface area contributed by atoms with E-state index in [0.717, 1.165) is 46.3 Å². The lowest BCUT2D eigenvalue weighted by atomic mass is 9.76. The number of aryl methyl sites for hydroxylation is 2. The molecule has 7 heteroatoms. The third-order valence-electron chi connectivity index (χ3n) is 4.97. The zero-order valence-corrected chi connectivity index (χ0v) is 14.3. The van der Waals surface area contributed by atoms with E-state index in [4.69, 9.17) is 27.7 Å². The molecule has 1 aliphatic heterocycles. The highest BCUT2D eigenvalue weighted by molar-refractivity contribution is 7.80. The van der Waals surface area contributed by atoms with Gasteiger partial charge in [0.25, 0.3) is 0 Å². The van der Waals surface area contributed by atoms with Gasteiger partial charge < -0.3 is 15.6 Å². The van der Waals surface area contributed by atoms with Gasteiger partial charge in [0.05, 0.1) is 18.5 Å². The molecule has 1 aromatic carbocycles. The maximum Gasteiger partial charge on any atom is 0.197 e. The summed E-state index contributed by atoms with van der Waals surface area (Å²) in [5.41, 5.74) is 7.89. The van der Waals surface area contributed by atoms with Gasteiger partial charge >= 0.3 is 0 Å². The van der Waals surface area contributed by atoms with E-state index in [-0.39, 0.29) is 11.0 Å². The average molecular weight is 342 g/mol. The van der Waals surface area contributed by atoms with E-state index in [1.54, 1.807) is 13.3 Å². The number of benzene rings is 1. The van der Waals surface area contributed by atoms with Crippen LogP contribution < -0.4 is 10.5 Å². The van der Waals surface area contributed by atoms with Gasteiger partial charge in [-0.15, -0.1) is 0 Å². The number of aromatic nitrogens is 1. The Morgan fingerprint density at radius 3 is 3.00 bits per heavy atom. The first-order chi connectivity index (χ1) is 11.5. The number of nitrogens with zero attached hydrogens (tertiary/aromatic N) is 3. The molecule has 1 aromatic heterocycles. The first-order valence-corrected chi connectivity index (χ1v) is 8.21. The highest BCUT2D eigenvalue weighted by Gasteiger charge is 2.52. The van der Waals surface area contributed by atoms with E-state index in [2.05, 4.69) is 5.10 Å². The minimum atomic E-state index is -1.36. The van der Waals surface area contributed by atoms with Gasteiger partial charge in [0.2, 0.25) is 0 Å². The van der Waals surface area contributed by atoms with Crippen LogP contribution >= 0.6 is 12.2 Å². The van der Waals surface area contributed by atoms with Crippen LogP contribution in [0.1, 0.15) is 23.2 Å². The maximum absolute atomic E-state index is 11.5. The number of pyridine rings is 1. The normalized spacial score (nSPS) is 24.8. The lowest BCUT2D eigenvalue weighted by molar-refractivity contribution is -0.0965. The topological polar surface area (TPSA) is 84.0 Å². The molecule has 0 amide bonds. The Kier molecular flexibility index (Phi) is 3.26. The largest absolute Gasteiger partial charge is 0.497 e. The summed E-state index contributed by atoms with van der Waals surface area (Å²) >= 11 is 5.09. The highest BCUT2D eigenvalue weighted by Crippen LogP contribution is 2.47. The van der Waals surface area contributed by atoms with Crippen LogP contribution in [0.25, 0.3) is 10.9 Å². The minimum Gasteiger partial charge on any atom is -0.497 e. The van der Waals surface area contributed by atoms with Crippen molar-refractivity contribution in [2.24, 2.45) is 16.8 Å². The van der Waals surface area contributed by atoms with Gasteiger partial charge in [0.1, 0.15) is 5.75 Å². The van der Waals surface area contributed by atoms with Gasteiger partial charge in [-0.1, -0.05) is 0 Å². The number of fused-ring (bicyclic) bond motifs is 5. The molecule has 4 rings (SSSR count). The molecule has 0 saturated heterocycles. The van der Waals surface area contributed by atoms with Crippen LogP contribution in [-0.4, -0.2) is 33.5 Å². The molecular formula is C17H18N4O2S. The second kappa shape index (κ2) is 5.12. The number of hydrogen-bond donors (Lipinski definition) is 2. The van der Waals surface area contributed by atoms with Crippen molar-refractivity contribution in [2.45, 2.75) is 25.5 Å². The van der Waals surface area contributed by atoms with Crippen molar-refractivity contribution in [3.8, 4) is 5.75 Å². The molecule has 2 unspecified atom stereocenters. The Balaban J connectivity index is 2.00. The fourth-order valence-corrected chi connectivity index (χ4v) is 4.10. The predicted octanol–water partition coefficient (Wildman–Crippen LogP) is 1.80. The smallest absolute Gasteiger partial charge is 0.197 e. The number of rotatable bonds is 1. The zero-order chi connectivity index (χ0) is 17.1. The number of hydrogen-bond acceptors (Lipinski definition) is 5. The molecule has 6 nitrogen and oxygen atoms in total. The van der Waals surface area contributed by atoms with Gasteiger partial charge in [-0.05, 0) is 49.7 Å². The van der Waals surface area contributed by atoms with Crippen LogP contribution in [0.15, 0.2) is 23.3 Å². The molecule has 0 spiro atoms. The van der Waals surface area contributed by atoms with Crippen molar-refractivity contribution in [3.05, 3.63) is 35.0 Å². The summed E-state index contributed by atoms with van der Waals surface area (Å²) < 4.78 is 5.29. The monoisotopic (exact) mass is 342 g/mol. The molecule has 0 fully saturated rings. The van der Waals surface area contributed by atoms with Crippen LogP contribution in [0.2, 0.25) is 0 Å². The lowest BCUT2D eigenvalue weighted by Gasteiger charge is -2.41. The van der Waals surface area contributed by atoms with E-state index in [1.807, 2.05) is 25.1 Å². The zero-order valence-electron chi connectivity index (χ0n) is 13.5. The standard InChI is InChI=1S/C17H18N4O2S/c1-9-15-13(12-6-4-11(23-2)7-14(12)20-9)5-3-10-8-19-21(16(18)24)17(10,15)22/h4,6-8,10,22H,3,5H2,1-2H3,(H2,18,24). The third-order valence-corrected chi connectivity index (χ3v) is 5.14. The average Bonchev–Trinajstić information content (AvgIpc) is 2.90. The maximum atomic E-state index is 11.5. The summed E-state index contributed by atoms with van der Waals surface area (Å²) in [6.45, 7) is 1.90. The Hall–Kier alpha value is -2.25. The number of hydrazone groups is 1. The molecule has 124 valence electrons. The third kappa shape index (κ3) is 1.88. The first-order valence-electron chi connectivity index (χ1n) is 7.80. The van der Waals surface area contributed by atoms with Gasteiger partial charge in [-0.25, -0.2) is 5.01 Å². The molecule has 24 heavy (non-hydrogen) atoms. The van der Waals surface area contributed by atoms with E-state index in [9.17, 15) is 5.11 Å². The molecular weight excluding hydrogens is 324 g/mol. The summed E-state index contributed by atoms with van der Waals surface area (Å²) in [6.07, 6.45) is 3.35. The van der Waals surface area contributed by atoms with Crippen molar-refractivity contribution in [1.82, 2.24) is 9.99 Å². The van der Waals surface area contributed by atoms with E-state index >= 15 is 0 Å². The summed E-state index contributed by atoms with van der Waals surface area (Å²) in [5, 5.41) is 18.2. The van der Waals surface area contributed by atoms with Crippen molar-refractivity contribution in [1.29, 1.82) is 0 Å². The minimum absolute atomic E-state index is 0.0540. The highest BCUT2D eigenvalue weighted by atomic mass is 32.1. The molecule has 1 aliphatic carbocycles. The second-order valence-electron chi connectivity index (χ2n) is 6.22. The summed E-state index contributed by atoms with van der Waals surface area (Å²) in [7, 11) is 1.63. The molecule has 2 heterocycles. The Morgan fingerprint density at radius 1 is 1.50 bits per heavy atom. The van der Waals surface area contributed by atoms with E-state index < -0.39 is 5.72 Å². The fourth-order valence-electron chi connectivity index (χ4n) is 3.91. The van der Waals surface area contributed by atoms with Crippen LogP contribution in [0.5, 0.6) is 5.75 Å². The van der Waals surface area contributed by atoms with Gasteiger partial charge in [-0.2, -0.15) is 5.10 Å². The second-order valence-corrected chi connectivity index (χ2v) is 6.64. The van der Waals surface area contributed by atoms with Crippen molar-refractivity contribution < 1.29 is 9.84 Å². The first kappa shape index (κ1) is 15.3. The SMILES string of the molecule is COc1ccc2c3c(c(C)nc2c1)C1(O)C(C=NN1C(N)=S)CC3. The molecule has 0 bridgehead atoms. The number of methoxy groups -OCH3 is 1. The van der Waals surface area contributed by atoms with E-state index in [1.165, 1.54) is 5.01 Å². The number of thiocarbonyl (C=S) groups is 1. The Morgan fingerprint density at radius 2 is 2.29 bits per heavy atom. The Labute approximate surface area is 144 Å². The van der Waals surface area contributed by atoms with Crippen LogP contribution in [0, 0.1) is 12.8 Å². The molecule has 2 atom stereocenters. The molecule has 2 aromatic rings. The Bertz CT molecular complexity index is 898. The molecule has 0 radical (unpaired) electrons. The quantitative estimate of drug-likeness (QED) is 0.769. The van der Waals surface area contributed by atoms with Gasteiger partial charge in [0, 0.05) is 28.9 Å². The fraction of sp³-hybridized carbons (Fsp3) is 0.353. The summed E-state index contributed by atoms with van der Waals surface area (Å²) in [5.74, 6) is 0.610.